The summed E-state index contributed by atoms with van der Waals surface area (Å²) in [7, 11) is 1.73. The Balaban J connectivity index is 1.61. The van der Waals surface area contributed by atoms with Crippen LogP contribution in [0.1, 0.15) is 19.0 Å². The molecule has 0 bridgehead atoms. The zero-order valence-corrected chi connectivity index (χ0v) is 15.9. The van der Waals surface area contributed by atoms with Gasteiger partial charge in [-0.15, -0.1) is 0 Å². The average molecular weight is 371 g/mol. The van der Waals surface area contributed by atoms with Crippen LogP contribution in [0.2, 0.25) is 0 Å². The van der Waals surface area contributed by atoms with Gasteiger partial charge in [-0.3, -0.25) is 4.79 Å². The molecule has 0 saturated carbocycles. The Bertz CT molecular complexity index is 878. The van der Waals surface area contributed by atoms with E-state index < -0.39 is 0 Å². The molecular formula is C20H25N3O4. The van der Waals surface area contributed by atoms with Gasteiger partial charge in [-0.2, -0.15) is 0 Å². The molecule has 1 aliphatic heterocycles. The summed E-state index contributed by atoms with van der Waals surface area (Å²) in [4.78, 5) is 26.2. The number of anilines is 1. The number of urea groups is 1. The van der Waals surface area contributed by atoms with E-state index in [0.29, 0.717) is 36.9 Å². The predicted molar refractivity (Wildman–Crippen MR) is 104 cm³/mol. The number of aryl methyl sites for hydroxylation is 1. The molecule has 3 rings (SSSR count). The second-order valence-corrected chi connectivity index (χ2v) is 6.56. The summed E-state index contributed by atoms with van der Waals surface area (Å²) in [5.41, 5.74) is 1.37. The highest BCUT2D eigenvalue weighted by Crippen LogP contribution is 2.25. The van der Waals surface area contributed by atoms with Crippen LogP contribution >= 0.6 is 0 Å². The smallest absolute Gasteiger partial charge is 0.322 e. The number of hydrogen-bond donors (Lipinski definition) is 1. The van der Waals surface area contributed by atoms with Gasteiger partial charge in [0.15, 0.2) is 0 Å². The van der Waals surface area contributed by atoms with Gasteiger partial charge in [0, 0.05) is 31.8 Å². The summed E-state index contributed by atoms with van der Waals surface area (Å²) < 4.78 is 13.0. The second-order valence-electron chi connectivity index (χ2n) is 6.56. The summed E-state index contributed by atoms with van der Waals surface area (Å²) in [6.45, 7) is 5.36. The molecule has 1 N–H and O–H groups in total. The number of nitrogens with zero attached hydrogens (tertiary/aromatic N) is 2. The van der Waals surface area contributed by atoms with Gasteiger partial charge in [-0.05, 0) is 32.0 Å². The van der Waals surface area contributed by atoms with Crippen LogP contribution < -0.4 is 20.3 Å². The SMILES string of the molecule is CCOc1ccccc1NC(=O)N1CCC(Oc2cc(C)n(C)c(=O)c2)C1. The molecule has 2 amide bonds. The van der Waals surface area contributed by atoms with E-state index in [0.717, 1.165) is 12.1 Å². The Hall–Kier alpha value is -2.96. The van der Waals surface area contributed by atoms with E-state index in [2.05, 4.69) is 5.32 Å². The summed E-state index contributed by atoms with van der Waals surface area (Å²) >= 11 is 0. The largest absolute Gasteiger partial charge is 0.492 e. The molecule has 1 aliphatic rings. The third-order valence-corrected chi connectivity index (χ3v) is 4.64. The van der Waals surface area contributed by atoms with Crippen molar-refractivity contribution < 1.29 is 14.3 Å². The summed E-state index contributed by atoms with van der Waals surface area (Å²) in [5, 5.41) is 2.90. The monoisotopic (exact) mass is 371 g/mol. The van der Waals surface area contributed by atoms with Gasteiger partial charge in [-0.1, -0.05) is 12.1 Å². The van der Waals surface area contributed by atoms with Crippen molar-refractivity contribution in [3.05, 3.63) is 52.4 Å². The number of amides is 2. The number of carbonyl (C=O) groups is 1. The maximum absolute atomic E-state index is 12.6. The van der Waals surface area contributed by atoms with Gasteiger partial charge in [0.25, 0.3) is 5.56 Å². The van der Waals surface area contributed by atoms with E-state index in [4.69, 9.17) is 9.47 Å². The van der Waals surface area contributed by atoms with Crippen molar-refractivity contribution in [2.45, 2.75) is 26.4 Å². The molecule has 1 unspecified atom stereocenters. The highest BCUT2D eigenvalue weighted by Gasteiger charge is 2.28. The number of ether oxygens (including phenoxy) is 2. The zero-order chi connectivity index (χ0) is 19.4. The Morgan fingerprint density at radius 3 is 2.81 bits per heavy atom. The van der Waals surface area contributed by atoms with E-state index in [1.54, 1.807) is 16.5 Å². The lowest BCUT2D eigenvalue weighted by molar-refractivity contribution is 0.194. The summed E-state index contributed by atoms with van der Waals surface area (Å²) in [5.74, 6) is 1.19. The number of nitrogens with one attached hydrogen (secondary N) is 1. The van der Waals surface area contributed by atoms with Gasteiger partial charge >= 0.3 is 6.03 Å². The van der Waals surface area contributed by atoms with E-state index in [-0.39, 0.29) is 17.7 Å². The van der Waals surface area contributed by atoms with E-state index >= 15 is 0 Å². The van der Waals surface area contributed by atoms with Crippen LogP contribution in [0, 0.1) is 6.92 Å². The van der Waals surface area contributed by atoms with E-state index in [9.17, 15) is 9.59 Å². The molecule has 1 atom stereocenters. The minimum atomic E-state index is -0.187. The first-order chi connectivity index (χ1) is 13.0. The quantitative estimate of drug-likeness (QED) is 0.877. The average Bonchev–Trinajstić information content (AvgIpc) is 3.10. The lowest BCUT2D eigenvalue weighted by Crippen LogP contribution is -2.34. The summed E-state index contributed by atoms with van der Waals surface area (Å²) in [6, 6.07) is 10.5. The fourth-order valence-corrected chi connectivity index (χ4v) is 3.05. The first kappa shape index (κ1) is 18.8. The first-order valence-corrected chi connectivity index (χ1v) is 9.10. The standard InChI is InChI=1S/C20H25N3O4/c1-4-26-18-8-6-5-7-17(18)21-20(25)23-10-9-15(13-23)27-16-11-14(2)22(3)19(24)12-16/h5-8,11-12,15H,4,9-10,13H2,1-3H3,(H,21,25). The highest BCUT2D eigenvalue weighted by atomic mass is 16.5. The fraction of sp³-hybridized carbons (Fsp3) is 0.400. The van der Waals surface area contributed by atoms with Crippen LogP contribution in [0.5, 0.6) is 11.5 Å². The molecule has 2 heterocycles. The molecule has 1 aromatic carbocycles. The Labute approximate surface area is 158 Å². The Kier molecular flexibility index (Phi) is 5.69. The molecule has 27 heavy (non-hydrogen) atoms. The van der Waals surface area contributed by atoms with Crippen molar-refractivity contribution in [2.75, 3.05) is 25.0 Å². The van der Waals surface area contributed by atoms with Crippen LogP contribution in [0.4, 0.5) is 10.5 Å². The molecule has 0 aliphatic carbocycles. The van der Waals surface area contributed by atoms with Crippen LogP contribution in [0.15, 0.2) is 41.2 Å². The van der Waals surface area contributed by atoms with Crippen molar-refractivity contribution in [3.8, 4) is 11.5 Å². The number of carbonyl (C=O) groups excluding carboxylic acids is 1. The third kappa shape index (κ3) is 4.42. The predicted octanol–water partition coefficient (Wildman–Crippen LogP) is 2.78. The molecule has 1 saturated heterocycles. The first-order valence-electron chi connectivity index (χ1n) is 9.10. The maximum atomic E-state index is 12.6. The number of aromatic nitrogens is 1. The zero-order valence-electron chi connectivity index (χ0n) is 15.9. The number of pyridine rings is 1. The fourth-order valence-electron chi connectivity index (χ4n) is 3.05. The van der Waals surface area contributed by atoms with Crippen LogP contribution in [0.25, 0.3) is 0 Å². The number of likely N-dealkylation sites (tertiary alicyclic amines) is 1. The molecule has 1 fully saturated rings. The lowest BCUT2D eigenvalue weighted by atomic mass is 10.3. The van der Waals surface area contributed by atoms with Gasteiger partial charge < -0.3 is 24.3 Å². The molecule has 7 nitrogen and oxygen atoms in total. The van der Waals surface area contributed by atoms with Gasteiger partial charge in [0.05, 0.1) is 18.8 Å². The molecule has 0 spiro atoms. The lowest BCUT2D eigenvalue weighted by Gasteiger charge is -2.19. The minimum absolute atomic E-state index is 0.106. The second kappa shape index (κ2) is 8.16. The molecule has 2 aromatic rings. The maximum Gasteiger partial charge on any atom is 0.322 e. The van der Waals surface area contributed by atoms with Crippen molar-refractivity contribution >= 4 is 11.7 Å². The van der Waals surface area contributed by atoms with Crippen LogP contribution in [-0.2, 0) is 7.05 Å². The summed E-state index contributed by atoms with van der Waals surface area (Å²) in [6.07, 6.45) is 0.582. The number of benzene rings is 1. The van der Waals surface area contributed by atoms with Crippen molar-refractivity contribution in [3.63, 3.8) is 0 Å². The van der Waals surface area contributed by atoms with Crippen LogP contribution in [-0.4, -0.2) is 41.3 Å². The van der Waals surface area contributed by atoms with E-state index in [1.807, 2.05) is 44.2 Å². The van der Waals surface area contributed by atoms with Gasteiger partial charge in [0.1, 0.15) is 17.6 Å². The topological polar surface area (TPSA) is 72.8 Å². The van der Waals surface area contributed by atoms with Crippen molar-refractivity contribution in [1.29, 1.82) is 0 Å². The molecule has 144 valence electrons. The molecule has 0 radical (unpaired) electrons. The minimum Gasteiger partial charge on any atom is -0.492 e. The van der Waals surface area contributed by atoms with E-state index in [1.165, 1.54) is 6.07 Å². The van der Waals surface area contributed by atoms with Crippen molar-refractivity contribution in [1.82, 2.24) is 9.47 Å². The molecule has 7 heteroatoms. The van der Waals surface area contributed by atoms with Gasteiger partial charge in [-0.25, -0.2) is 4.79 Å². The molecule has 1 aromatic heterocycles. The Morgan fingerprint density at radius 1 is 1.30 bits per heavy atom. The normalized spacial score (nSPS) is 16.3. The third-order valence-electron chi connectivity index (χ3n) is 4.64. The van der Waals surface area contributed by atoms with Crippen LogP contribution in [0.3, 0.4) is 0 Å². The number of hydrogen-bond acceptors (Lipinski definition) is 4. The number of para-hydroxylation sites is 2. The Morgan fingerprint density at radius 2 is 2.07 bits per heavy atom. The highest BCUT2D eigenvalue weighted by molar-refractivity contribution is 5.91. The van der Waals surface area contributed by atoms with Gasteiger partial charge in [0.2, 0.25) is 0 Å². The van der Waals surface area contributed by atoms with Crippen molar-refractivity contribution in [2.24, 2.45) is 7.05 Å². The number of rotatable bonds is 5. The molecular weight excluding hydrogens is 346 g/mol.